The number of aliphatic imine (C=N–C) groups is 1. The van der Waals surface area contributed by atoms with Crippen LogP contribution in [-0.4, -0.2) is 28.3 Å². The van der Waals surface area contributed by atoms with Crippen LogP contribution in [0, 0.1) is 6.92 Å². The lowest BCUT2D eigenvalue weighted by atomic mass is 10.2. The quantitative estimate of drug-likeness (QED) is 0.614. The number of hydrogen-bond donors (Lipinski definition) is 0. The molecule has 0 unspecified atom stereocenters. The van der Waals surface area contributed by atoms with E-state index in [4.69, 9.17) is 16.3 Å². The number of nitrogens with zero attached hydrogens (tertiary/aromatic N) is 3. The van der Waals surface area contributed by atoms with Crippen LogP contribution in [0.1, 0.15) is 16.8 Å². The van der Waals surface area contributed by atoms with E-state index in [9.17, 15) is 13.6 Å². The summed E-state index contributed by atoms with van der Waals surface area (Å²) in [5.41, 5.74) is 1.27. The average molecular weight is 368 g/mol. The van der Waals surface area contributed by atoms with Gasteiger partial charge in [0.2, 0.25) is 5.90 Å². The third-order valence-corrected chi connectivity index (χ3v) is 3.88. The summed E-state index contributed by atoms with van der Waals surface area (Å²) in [6.07, 6.45) is 1.44. The summed E-state index contributed by atoms with van der Waals surface area (Å²) in [5, 5.41) is 4.47. The highest BCUT2D eigenvalue weighted by atomic mass is 35.5. The first-order valence-corrected chi connectivity index (χ1v) is 7.50. The molecule has 0 fully saturated rings. The number of ether oxygens (including phenoxy) is 2. The minimum absolute atomic E-state index is 0.0140. The summed E-state index contributed by atoms with van der Waals surface area (Å²) >= 11 is 6.13. The SMILES string of the molecule is Cc1nn(C)c(Cl)c1/C=C1\N=C(c2ccccc2OC(F)F)OC1=O. The molecule has 1 aliphatic rings. The Balaban J connectivity index is 2.00. The highest BCUT2D eigenvalue weighted by molar-refractivity contribution is 6.31. The zero-order valence-corrected chi connectivity index (χ0v) is 13.9. The maximum absolute atomic E-state index is 12.5. The monoisotopic (exact) mass is 367 g/mol. The van der Waals surface area contributed by atoms with E-state index >= 15 is 0 Å². The summed E-state index contributed by atoms with van der Waals surface area (Å²) in [5.74, 6) is -0.979. The molecule has 0 saturated heterocycles. The van der Waals surface area contributed by atoms with E-state index in [0.29, 0.717) is 16.4 Å². The smallest absolute Gasteiger partial charge is 0.387 e. The molecule has 130 valence electrons. The fourth-order valence-electron chi connectivity index (χ4n) is 2.31. The van der Waals surface area contributed by atoms with Crippen molar-refractivity contribution in [3.63, 3.8) is 0 Å². The van der Waals surface area contributed by atoms with Crippen molar-refractivity contribution in [1.29, 1.82) is 0 Å². The van der Waals surface area contributed by atoms with Crippen LogP contribution in [-0.2, 0) is 16.6 Å². The summed E-state index contributed by atoms with van der Waals surface area (Å²) in [6, 6.07) is 5.92. The van der Waals surface area contributed by atoms with Crippen LogP contribution < -0.4 is 4.74 Å². The number of alkyl halides is 2. The summed E-state index contributed by atoms with van der Waals surface area (Å²) < 4.78 is 36.0. The standard InChI is InChI=1S/C16H12ClF2N3O3/c1-8-10(13(17)22(2)21-8)7-11-15(23)25-14(20-11)9-5-3-4-6-12(9)24-16(18)19/h3-7,16H,1-2H3/b11-7-. The molecule has 0 saturated carbocycles. The van der Waals surface area contributed by atoms with Crippen molar-refractivity contribution >= 4 is 29.5 Å². The first kappa shape index (κ1) is 17.1. The minimum atomic E-state index is -3.01. The predicted molar refractivity (Wildman–Crippen MR) is 86.6 cm³/mol. The Morgan fingerprint density at radius 3 is 2.72 bits per heavy atom. The van der Waals surface area contributed by atoms with Gasteiger partial charge in [0.1, 0.15) is 10.9 Å². The molecule has 0 amide bonds. The Labute approximate surface area is 146 Å². The topological polar surface area (TPSA) is 65.7 Å². The van der Waals surface area contributed by atoms with Crippen molar-refractivity contribution in [3.8, 4) is 5.75 Å². The minimum Gasteiger partial charge on any atom is -0.434 e. The third-order valence-electron chi connectivity index (χ3n) is 3.43. The van der Waals surface area contributed by atoms with Crippen molar-refractivity contribution < 1.29 is 23.0 Å². The largest absolute Gasteiger partial charge is 0.434 e. The molecule has 0 spiro atoms. The Hall–Kier alpha value is -2.74. The molecule has 0 aliphatic carbocycles. The molecule has 25 heavy (non-hydrogen) atoms. The first-order chi connectivity index (χ1) is 11.9. The number of cyclic esters (lactones) is 1. The lowest BCUT2D eigenvalue weighted by Gasteiger charge is -2.08. The molecule has 0 N–H and O–H groups in total. The number of para-hydroxylation sites is 1. The number of halogens is 3. The van der Waals surface area contributed by atoms with Crippen LogP contribution in [0.4, 0.5) is 8.78 Å². The van der Waals surface area contributed by atoms with Crippen LogP contribution in [0.3, 0.4) is 0 Å². The summed E-state index contributed by atoms with van der Waals surface area (Å²) in [4.78, 5) is 16.1. The number of esters is 1. The number of hydrogen-bond acceptors (Lipinski definition) is 5. The lowest BCUT2D eigenvalue weighted by molar-refractivity contribution is -0.129. The van der Waals surface area contributed by atoms with E-state index in [1.807, 2.05) is 0 Å². The maximum atomic E-state index is 12.5. The van der Waals surface area contributed by atoms with Crippen molar-refractivity contribution in [3.05, 3.63) is 51.9 Å². The fraction of sp³-hybridized carbons (Fsp3) is 0.188. The van der Waals surface area contributed by atoms with Gasteiger partial charge in [0, 0.05) is 12.6 Å². The molecule has 1 aliphatic heterocycles. The van der Waals surface area contributed by atoms with E-state index in [1.165, 1.54) is 29.0 Å². The first-order valence-electron chi connectivity index (χ1n) is 7.12. The third kappa shape index (κ3) is 3.39. The van der Waals surface area contributed by atoms with Gasteiger partial charge < -0.3 is 9.47 Å². The van der Waals surface area contributed by atoms with Crippen LogP contribution in [0.2, 0.25) is 5.15 Å². The Bertz CT molecular complexity index is 906. The van der Waals surface area contributed by atoms with Gasteiger partial charge in [-0.05, 0) is 25.1 Å². The maximum Gasteiger partial charge on any atom is 0.387 e. The van der Waals surface area contributed by atoms with E-state index in [1.54, 1.807) is 20.0 Å². The van der Waals surface area contributed by atoms with Crippen LogP contribution in [0.5, 0.6) is 5.75 Å². The molecule has 2 aromatic rings. The van der Waals surface area contributed by atoms with Crippen molar-refractivity contribution in [2.75, 3.05) is 0 Å². The Morgan fingerprint density at radius 2 is 2.08 bits per heavy atom. The number of carbonyl (C=O) groups excluding carboxylic acids is 1. The molecule has 6 nitrogen and oxygen atoms in total. The molecule has 9 heteroatoms. The van der Waals surface area contributed by atoms with Gasteiger partial charge in [0.25, 0.3) is 0 Å². The van der Waals surface area contributed by atoms with Crippen LogP contribution in [0.25, 0.3) is 6.08 Å². The van der Waals surface area contributed by atoms with Crippen LogP contribution in [0.15, 0.2) is 35.0 Å². The molecule has 0 radical (unpaired) electrons. The number of aromatic nitrogens is 2. The van der Waals surface area contributed by atoms with Gasteiger partial charge in [-0.25, -0.2) is 9.79 Å². The molecule has 2 heterocycles. The van der Waals surface area contributed by atoms with Gasteiger partial charge in [-0.1, -0.05) is 23.7 Å². The molecule has 0 atom stereocenters. The molecule has 1 aromatic carbocycles. The van der Waals surface area contributed by atoms with Crippen molar-refractivity contribution in [2.24, 2.45) is 12.0 Å². The molecular weight excluding hydrogens is 356 g/mol. The van der Waals surface area contributed by atoms with Gasteiger partial charge in [-0.2, -0.15) is 13.9 Å². The number of carbonyl (C=O) groups is 1. The number of aryl methyl sites for hydroxylation is 2. The van der Waals surface area contributed by atoms with Gasteiger partial charge in [0.15, 0.2) is 5.70 Å². The van der Waals surface area contributed by atoms with Gasteiger partial charge in [0.05, 0.1) is 11.3 Å². The highest BCUT2D eigenvalue weighted by Gasteiger charge is 2.27. The van der Waals surface area contributed by atoms with Crippen molar-refractivity contribution in [1.82, 2.24) is 9.78 Å². The summed E-state index contributed by atoms with van der Waals surface area (Å²) in [6.45, 7) is -1.28. The number of rotatable bonds is 4. The van der Waals surface area contributed by atoms with Gasteiger partial charge >= 0.3 is 12.6 Å². The van der Waals surface area contributed by atoms with E-state index in [0.717, 1.165) is 0 Å². The van der Waals surface area contributed by atoms with Gasteiger partial charge in [-0.3, -0.25) is 4.68 Å². The molecule has 0 bridgehead atoms. The average Bonchev–Trinajstić information content (AvgIpc) is 3.02. The second-order valence-electron chi connectivity index (χ2n) is 5.12. The molecule has 1 aromatic heterocycles. The summed E-state index contributed by atoms with van der Waals surface area (Å²) in [7, 11) is 1.66. The number of benzene rings is 1. The van der Waals surface area contributed by atoms with E-state index in [2.05, 4.69) is 14.8 Å². The lowest BCUT2D eigenvalue weighted by Crippen LogP contribution is -2.10. The van der Waals surface area contributed by atoms with E-state index < -0.39 is 12.6 Å². The second-order valence-corrected chi connectivity index (χ2v) is 5.48. The Morgan fingerprint density at radius 1 is 1.36 bits per heavy atom. The zero-order chi connectivity index (χ0) is 18.1. The second kappa shape index (κ2) is 6.64. The fourth-order valence-corrected chi connectivity index (χ4v) is 2.54. The molecular formula is C16H12ClF2N3O3. The predicted octanol–water partition coefficient (Wildman–Crippen LogP) is 3.33. The van der Waals surface area contributed by atoms with Crippen LogP contribution >= 0.6 is 11.6 Å². The molecule has 3 rings (SSSR count). The van der Waals surface area contributed by atoms with E-state index in [-0.39, 0.29) is 22.9 Å². The normalized spacial score (nSPS) is 15.7. The van der Waals surface area contributed by atoms with Crippen molar-refractivity contribution in [2.45, 2.75) is 13.5 Å². The highest BCUT2D eigenvalue weighted by Crippen LogP contribution is 2.28. The zero-order valence-electron chi connectivity index (χ0n) is 13.2. The Kier molecular flexibility index (Phi) is 4.54. The van der Waals surface area contributed by atoms with Gasteiger partial charge in [-0.15, -0.1) is 0 Å².